The smallest absolute Gasteiger partial charge is 0.285 e. The Labute approximate surface area is 258 Å². The van der Waals surface area contributed by atoms with Crippen LogP contribution in [0.3, 0.4) is 0 Å². The Balaban J connectivity index is 1.36. The third kappa shape index (κ3) is 5.63. The summed E-state index contributed by atoms with van der Waals surface area (Å²) in [4.78, 5) is 37.5. The van der Waals surface area contributed by atoms with E-state index in [9.17, 15) is 18.0 Å². The molecule has 12 nitrogen and oxygen atoms in total. The highest BCUT2D eigenvalue weighted by atomic mass is 35.5. The molecule has 0 spiro atoms. The summed E-state index contributed by atoms with van der Waals surface area (Å²) in [6, 6.07) is 16.2. The summed E-state index contributed by atoms with van der Waals surface area (Å²) in [6.07, 6.45) is 2.88. The van der Waals surface area contributed by atoms with Gasteiger partial charge in [0.2, 0.25) is 16.0 Å². The third-order valence-electron chi connectivity index (χ3n) is 7.41. The number of hydrogen-bond acceptors (Lipinski definition) is 9. The van der Waals surface area contributed by atoms with Gasteiger partial charge in [0, 0.05) is 30.9 Å². The maximum absolute atomic E-state index is 13.7. The minimum Gasteiger partial charge on any atom is -0.377 e. The zero-order valence-electron chi connectivity index (χ0n) is 24.4. The van der Waals surface area contributed by atoms with E-state index in [0.29, 0.717) is 29.9 Å². The van der Waals surface area contributed by atoms with Gasteiger partial charge in [0.15, 0.2) is 5.69 Å². The van der Waals surface area contributed by atoms with Crippen LogP contribution in [0.15, 0.2) is 65.6 Å². The van der Waals surface area contributed by atoms with E-state index in [2.05, 4.69) is 10.3 Å². The summed E-state index contributed by atoms with van der Waals surface area (Å²) in [6.45, 7) is 4.78. The number of pyridine rings is 1. The first-order valence-corrected chi connectivity index (χ1v) is 16.0. The summed E-state index contributed by atoms with van der Waals surface area (Å²) >= 11 is 6.04. The van der Waals surface area contributed by atoms with E-state index in [1.165, 1.54) is 6.07 Å². The first-order valence-electron chi connectivity index (χ1n) is 13.7. The fourth-order valence-electron chi connectivity index (χ4n) is 5.41. The number of rotatable bonds is 7. The van der Waals surface area contributed by atoms with Crippen molar-refractivity contribution in [3.05, 3.63) is 104 Å². The van der Waals surface area contributed by atoms with Gasteiger partial charge in [0.05, 0.1) is 46.8 Å². The molecule has 0 aliphatic carbocycles. The SMILES string of the molecule is Cc1cc([C@@H](C)Nc2ccc(Cl)nc2C(=O)NS(C)(=O)=O)c2nc(N3Cc4cn(-c5ccccc5)nc4C3)n(C)c(=O)c2c1. The van der Waals surface area contributed by atoms with Crippen molar-refractivity contribution in [2.45, 2.75) is 33.0 Å². The number of carbonyl (C=O) groups is 1. The molecule has 2 N–H and O–H groups in total. The molecule has 6 rings (SSSR count). The summed E-state index contributed by atoms with van der Waals surface area (Å²) in [7, 11) is -2.13. The van der Waals surface area contributed by atoms with Crippen molar-refractivity contribution in [1.82, 2.24) is 29.0 Å². The number of para-hydroxylation sites is 1. The van der Waals surface area contributed by atoms with Gasteiger partial charge in [-0.2, -0.15) is 5.10 Å². The molecule has 1 atom stereocenters. The summed E-state index contributed by atoms with van der Waals surface area (Å²) in [5.74, 6) is -0.416. The molecule has 1 aliphatic rings. The van der Waals surface area contributed by atoms with E-state index in [4.69, 9.17) is 21.7 Å². The lowest BCUT2D eigenvalue weighted by Gasteiger charge is -2.23. The first kappa shape index (κ1) is 29.3. The lowest BCUT2D eigenvalue weighted by atomic mass is 10.0. The molecule has 5 aromatic rings. The van der Waals surface area contributed by atoms with Crippen LogP contribution in [0.1, 0.15) is 45.8 Å². The molecule has 2 aromatic carbocycles. The van der Waals surface area contributed by atoms with E-state index in [-0.39, 0.29) is 22.1 Å². The van der Waals surface area contributed by atoms with Gasteiger partial charge in [-0.05, 0) is 49.7 Å². The Morgan fingerprint density at radius 1 is 1.07 bits per heavy atom. The van der Waals surface area contributed by atoms with Crippen molar-refractivity contribution in [2.75, 3.05) is 16.5 Å². The number of nitrogens with zero attached hydrogens (tertiary/aromatic N) is 6. The zero-order chi connectivity index (χ0) is 31.3. The number of nitrogens with one attached hydrogen (secondary N) is 2. The minimum atomic E-state index is -3.84. The molecule has 4 heterocycles. The molecule has 0 fully saturated rings. The van der Waals surface area contributed by atoms with Crippen LogP contribution in [0.25, 0.3) is 16.6 Å². The summed E-state index contributed by atoms with van der Waals surface area (Å²) < 4.78 is 28.8. The number of aromatic nitrogens is 5. The number of halogens is 1. The van der Waals surface area contributed by atoms with Gasteiger partial charge in [-0.1, -0.05) is 35.9 Å². The Morgan fingerprint density at radius 2 is 1.82 bits per heavy atom. The fourth-order valence-corrected chi connectivity index (χ4v) is 5.99. The lowest BCUT2D eigenvalue weighted by Crippen LogP contribution is -2.31. The number of sulfonamides is 1. The molecule has 226 valence electrons. The predicted molar refractivity (Wildman–Crippen MR) is 169 cm³/mol. The standard InChI is InChI=1S/C30H29ClN8O4S/c1-17-12-21(18(2)32-23-10-11-25(31)33-27(23)28(40)36-44(4,42)43)26-22(13-17)29(41)37(3)30(34-26)38-14-19-15-39(35-24(19)16-38)20-8-6-5-7-9-20/h5-13,15,18,32H,14,16H2,1-4H3,(H,36,40)/t18-/m1/s1. The summed E-state index contributed by atoms with van der Waals surface area (Å²) in [5.41, 5.74) is 4.91. The Kier molecular flexibility index (Phi) is 7.38. The molecule has 0 bridgehead atoms. The van der Waals surface area contributed by atoms with Crippen molar-refractivity contribution < 1.29 is 13.2 Å². The topological polar surface area (TPSA) is 144 Å². The van der Waals surface area contributed by atoms with Gasteiger partial charge in [-0.3, -0.25) is 14.2 Å². The molecule has 0 saturated heterocycles. The van der Waals surface area contributed by atoms with Crippen LogP contribution in [0, 0.1) is 6.92 Å². The van der Waals surface area contributed by atoms with E-state index in [1.807, 2.05) is 76.8 Å². The van der Waals surface area contributed by atoms with Gasteiger partial charge in [-0.25, -0.2) is 27.8 Å². The van der Waals surface area contributed by atoms with Crippen molar-refractivity contribution >= 4 is 50.1 Å². The second-order valence-electron chi connectivity index (χ2n) is 10.9. The molecule has 0 radical (unpaired) electrons. The first-order chi connectivity index (χ1) is 20.9. The average Bonchev–Trinajstić information content (AvgIpc) is 3.55. The van der Waals surface area contributed by atoms with Crippen molar-refractivity contribution in [3.63, 3.8) is 0 Å². The number of amides is 1. The highest BCUT2D eigenvalue weighted by Crippen LogP contribution is 2.31. The number of hydrogen-bond donors (Lipinski definition) is 2. The van der Waals surface area contributed by atoms with Crippen LogP contribution < -0.4 is 20.5 Å². The summed E-state index contributed by atoms with van der Waals surface area (Å²) in [5, 5.41) is 8.49. The van der Waals surface area contributed by atoms with Gasteiger partial charge >= 0.3 is 0 Å². The molecular weight excluding hydrogens is 604 g/mol. The van der Waals surface area contributed by atoms with Crippen molar-refractivity contribution in [1.29, 1.82) is 0 Å². The molecule has 14 heteroatoms. The lowest BCUT2D eigenvalue weighted by molar-refractivity contribution is 0.0977. The van der Waals surface area contributed by atoms with Crippen molar-refractivity contribution in [2.24, 2.45) is 7.05 Å². The van der Waals surface area contributed by atoms with Crippen LogP contribution in [-0.4, -0.2) is 44.9 Å². The maximum atomic E-state index is 13.7. The maximum Gasteiger partial charge on any atom is 0.285 e. The average molecular weight is 633 g/mol. The molecule has 1 aliphatic heterocycles. The number of fused-ring (bicyclic) bond motifs is 2. The number of carbonyl (C=O) groups excluding carboxylic acids is 1. The fraction of sp³-hybridized carbons (Fsp3) is 0.233. The Bertz CT molecular complexity index is 2090. The molecule has 44 heavy (non-hydrogen) atoms. The molecule has 0 unspecified atom stereocenters. The largest absolute Gasteiger partial charge is 0.377 e. The third-order valence-corrected chi connectivity index (χ3v) is 8.17. The highest BCUT2D eigenvalue weighted by Gasteiger charge is 2.28. The van der Waals surface area contributed by atoms with Crippen LogP contribution in [-0.2, 0) is 30.2 Å². The molecule has 3 aromatic heterocycles. The normalized spacial score (nSPS) is 13.6. The van der Waals surface area contributed by atoms with E-state index >= 15 is 0 Å². The Morgan fingerprint density at radius 3 is 2.52 bits per heavy atom. The van der Waals surface area contributed by atoms with Crippen LogP contribution in [0.2, 0.25) is 5.15 Å². The number of anilines is 2. The van der Waals surface area contributed by atoms with Crippen molar-refractivity contribution in [3.8, 4) is 5.69 Å². The van der Waals surface area contributed by atoms with E-state index < -0.39 is 22.0 Å². The zero-order valence-corrected chi connectivity index (χ0v) is 25.9. The minimum absolute atomic E-state index is 0.0275. The van der Waals surface area contributed by atoms with Gasteiger partial charge in [0.1, 0.15) is 5.15 Å². The van der Waals surface area contributed by atoms with Gasteiger partial charge < -0.3 is 10.2 Å². The number of aryl methyl sites for hydroxylation is 1. The van der Waals surface area contributed by atoms with E-state index in [1.54, 1.807) is 17.7 Å². The molecular formula is C30H29ClN8O4S. The Hall–Kier alpha value is -4.75. The van der Waals surface area contributed by atoms with Gasteiger partial charge in [0.25, 0.3) is 11.5 Å². The van der Waals surface area contributed by atoms with Crippen LogP contribution >= 0.6 is 11.6 Å². The second kappa shape index (κ2) is 11.1. The number of benzene rings is 2. The van der Waals surface area contributed by atoms with E-state index in [0.717, 1.165) is 34.3 Å². The quantitative estimate of drug-likeness (QED) is 0.256. The second-order valence-corrected chi connectivity index (χ2v) is 13.0. The van der Waals surface area contributed by atoms with Crippen LogP contribution in [0.5, 0.6) is 0 Å². The molecule has 0 saturated carbocycles. The van der Waals surface area contributed by atoms with Crippen LogP contribution in [0.4, 0.5) is 11.6 Å². The monoisotopic (exact) mass is 632 g/mol. The predicted octanol–water partition coefficient (Wildman–Crippen LogP) is 3.86. The van der Waals surface area contributed by atoms with Gasteiger partial charge in [-0.15, -0.1) is 0 Å². The highest BCUT2D eigenvalue weighted by molar-refractivity contribution is 7.89. The molecule has 1 amide bonds.